The lowest BCUT2D eigenvalue weighted by molar-refractivity contribution is -0.0871. The first kappa shape index (κ1) is 20.1. The first-order chi connectivity index (χ1) is 14.2. The molecule has 29 heavy (non-hydrogen) atoms. The van der Waals surface area contributed by atoms with Gasteiger partial charge in [-0.15, -0.1) is 0 Å². The number of piperidine rings is 1. The Bertz CT molecular complexity index is 825. The maximum atomic E-state index is 12.9. The van der Waals surface area contributed by atoms with Gasteiger partial charge in [-0.25, -0.2) is 4.79 Å². The molecule has 1 amide bonds. The highest BCUT2D eigenvalue weighted by molar-refractivity contribution is 6.31. The Hall–Kier alpha value is -2.15. The molecule has 2 fully saturated rings. The van der Waals surface area contributed by atoms with Crippen LogP contribution in [-0.2, 0) is 22.6 Å². The molecular formula is C22H26ClN3O3. The van der Waals surface area contributed by atoms with Crippen LogP contribution in [0.1, 0.15) is 24.0 Å². The predicted octanol–water partition coefficient (Wildman–Crippen LogP) is 3.74. The van der Waals surface area contributed by atoms with E-state index < -0.39 is 0 Å². The Kier molecular flexibility index (Phi) is 6.33. The molecule has 6 nitrogen and oxygen atoms in total. The molecule has 7 heteroatoms. The van der Waals surface area contributed by atoms with Gasteiger partial charge >= 0.3 is 6.09 Å². The summed E-state index contributed by atoms with van der Waals surface area (Å²) in [6, 6.07) is 11.7. The standard InChI is InChI=1S/C22H26ClN3O3/c23-20-14-24-9-6-19(20)15-25-10-7-22(8-11-25)17-28-13-12-26(22)21(27)29-16-18-4-2-1-3-5-18/h1-6,9,14H,7-8,10-13,15-17H2. The second-order valence-corrected chi connectivity index (χ2v) is 8.12. The summed E-state index contributed by atoms with van der Waals surface area (Å²) in [6.07, 6.45) is 4.92. The van der Waals surface area contributed by atoms with Crippen molar-refractivity contribution < 1.29 is 14.3 Å². The van der Waals surface area contributed by atoms with Crippen LogP contribution in [0.3, 0.4) is 0 Å². The van der Waals surface area contributed by atoms with Crippen LogP contribution in [0.2, 0.25) is 5.02 Å². The molecule has 1 aromatic carbocycles. The van der Waals surface area contributed by atoms with Crippen molar-refractivity contribution in [2.24, 2.45) is 0 Å². The highest BCUT2D eigenvalue weighted by Crippen LogP contribution is 2.33. The second-order valence-electron chi connectivity index (χ2n) is 7.71. The van der Waals surface area contributed by atoms with Crippen LogP contribution in [0.5, 0.6) is 0 Å². The van der Waals surface area contributed by atoms with E-state index in [0.29, 0.717) is 31.4 Å². The minimum atomic E-state index is -0.287. The fraction of sp³-hybridized carbons (Fsp3) is 0.455. The van der Waals surface area contributed by atoms with Gasteiger partial charge in [-0.3, -0.25) is 14.8 Å². The van der Waals surface area contributed by atoms with Crippen molar-refractivity contribution in [2.75, 3.05) is 32.8 Å². The lowest BCUT2D eigenvalue weighted by Gasteiger charge is -2.50. The molecule has 0 atom stereocenters. The zero-order chi connectivity index (χ0) is 20.1. The van der Waals surface area contributed by atoms with Gasteiger partial charge in [-0.1, -0.05) is 41.9 Å². The number of amides is 1. The highest BCUT2D eigenvalue weighted by atomic mass is 35.5. The zero-order valence-corrected chi connectivity index (χ0v) is 17.2. The summed E-state index contributed by atoms with van der Waals surface area (Å²) in [4.78, 5) is 21.2. The molecule has 0 aliphatic carbocycles. The molecule has 2 aliphatic rings. The number of morpholine rings is 1. The van der Waals surface area contributed by atoms with Crippen molar-refractivity contribution in [2.45, 2.75) is 31.5 Å². The molecule has 2 aliphatic heterocycles. The van der Waals surface area contributed by atoms with E-state index in [0.717, 1.165) is 43.6 Å². The fourth-order valence-electron chi connectivity index (χ4n) is 4.13. The van der Waals surface area contributed by atoms with Gasteiger partial charge in [0.25, 0.3) is 0 Å². The van der Waals surface area contributed by atoms with E-state index in [-0.39, 0.29) is 11.6 Å². The average molecular weight is 416 g/mol. The molecule has 4 rings (SSSR count). The number of hydrogen-bond donors (Lipinski definition) is 0. The van der Waals surface area contributed by atoms with Gasteiger partial charge in [0.05, 0.1) is 23.8 Å². The maximum Gasteiger partial charge on any atom is 0.410 e. The van der Waals surface area contributed by atoms with Gasteiger partial charge in [0, 0.05) is 38.6 Å². The van der Waals surface area contributed by atoms with Crippen molar-refractivity contribution in [3.8, 4) is 0 Å². The van der Waals surface area contributed by atoms with E-state index in [2.05, 4.69) is 9.88 Å². The molecule has 1 spiro atoms. The molecule has 3 heterocycles. The minimum absolute atomic E-state index is 0.247. The summed E-state index contributed by atoms with van der Waals surface area (Å²) < 4.78 is 11.4. The molecule has 154 valence electrons. The van der Waals surface area contributed by atoms with Gasteiger partial charge in [-0.05, 0) is 30.0 Å². The van der Waals surface area contributed by atoms with Gasteiger partial charge < -0.3 is 9.47 Å². The Morgan fingerprint density at radius 3 is 2.72 bits per heavy atom. The van der Waals surface area contributed by atoms with Crippen molar-refractivity contribution >= 4 is 17.7 Å². The lowest BCUT2D eigenvalue weighted by atomic mass is 9.85. The first-order valence-electron chi connectivity index (χ1n) is 10.0. The monoisotopic (exact) mass is 415 g/mol. The van der Waals surface area contributed by atoms with Gasteiger partial charge in [0.1, 0.15) is 6.61 Å². The number of carbonyl (C=O) groups is 1. The molecule has 0 unspecified atom stereocenters. The number of hydrogen-bond acceptors (Lipinski definition) is 5. The van der Waals surface area contributed by atoms with Crippen molar-refractivity contribution in [1.29, 1.82) is 0 Å². The molecule has 0 radical (unpaired) electrons. The third-order valence-corrected chi connectivity index (χ3v) is 6.21. The smallest absolute Gasteiger partial charge is 0.410 e. The number of halogens is 1. The van der Waals surface area contributed by atoms with Crippen LogP contribution in [-0.4, -0.2) is 59.3 Å². The van der Waals surface area contributed by atoms with E-state index in [1.807, 2.05) is 41.3 Å². The lowest BCUT2D eigenvalue weighted by Crippen LogP contribution is -2.63. The number of carbonyl (C=O) groups excluding carboxylic acids is 1. The van der Waals surface area contributed by atoms with E-state index in [1.54, 1.807) is 12.4 Å². The number of benzene rings is 1. The quantitative estimate of drug-likeness (QED) is 0.761. The number of ether oxygens (including phenoxy) is 2. The summed E-state index contributed by atoms with van der Waals surface area (Å²) in [6.45, 7) is 4.53. The Morgan fingerprint density at radius 2 is 1.97 bits per heavy atom. The number of rotatable bonds is 4. The molecule has 0 saturated carbocycles. The molecule has 0 N–H and O–H groups in total. The van der Waals surface area contributed by atoms with Gasteiger partial charge in [0.15, 0.2) is 0 Å². The van der Waals surface area contributed by atoms with Crippen LogP contribution >= 0.6 is 11.6 Å². The Labute approximate surface area is 176 Å². The van der Waals surface area contributed by atoms with Crippen LogP contribution in [0.15, 0.2) is 48.8 Å². The molecule has 1 aromatic heterocycles. The van der Waals surface area contributed by atoms with E-state index in [1.165, 1.54) is 0 Å². The van der Waals surface area contributed by atoms with E-state index in [9.17, 15) is 4.79 Å². The number of nitrogens with zero attached hydrogens (tertiary/aromatic N) is 3. The van der Waals surface area contributed by atoms with Crippen LogP contribution in [0.25, 0.3) is 0 Å². The van der Waals surface area contributed by atoms with Crippen molar-refractivity contribution in [3.63, 3.8) is 0 Å². The van der Waals surface area contributed by atoms with E-state index in [4.69, 9.17) is 21.1 Å². The summed E-state index contributed by atoms with van der Waals surface area (Å²) in [7, 11) is 0. The topological polar surface area (TPSA) is 54.9 Å². The normalized spacial score (nSPS) is 19.3. The summed E-state index contributed by atoms with van der Waals surface area (Å²) in [5, 5.41) is 0.694. The third kappa shape index (κ3) is 4.71. The minimum Gasteiger partial charge on any atom is -0.445 e. The predicted molar refractivity (Wildman–Crippen MR) is 111 cm³/mol. The van der Waals surface area contributed by atoms with Crippen LogP contribution in [0, 0.1) is 0 Å². The average Bonchev–Trinajstić information content (AvgIpc) is 2.76. The Morgan fingerprint density at radius 1 is 1.17 bits per heavy atom. The van der Waals surface area contributed by atoms with Gasteiger partial charge in [-0.2, -0.15) is 0 Å². The fourth-order valence-corrected chi connectivity index (χ4v) is 4.31. The van der Waals surface area contributed by atoms with Crippen LogP contribution < -0.4 is 0 Å². The number of aromatic nitrogens is 1. The number of likely N-dealkylation sites (tertiary alicyclic amines) is 1. The maximum absolute atomic E-state index is 12.9. The number of pyridine rings is 1. The summed E-state index contributed by atoms with van der Waals surface area (Å²) in [5.41, 5.74) is 1.79. The SMILES string of the molecule is O=C(OCc1ccccc1)N1CCOCC12CCN(Cc1ccncc1Cl)CC2. The first-order valence-corrected chi connectivity index (χ1v) is 10.4. The van der Waals surface area contributed by atoms with E-state index >= 15 is 0 Å². The molecule has 0 bridgehead atoms. The molecule has 2 aromatic rings. The molecule has 2 saturated heterocycles. The second kappa shape index (κ2) is 9.11. The Balaban J connectivity index is 1.37. The zero-order valence-electron chi connectivity index (χ0n) is 16.4. The van der Waals surface area contributed by atoms with Crippen LogP contribution in [0.4, 0.5) is 4.79 Å². The third-order valence-electron chi connectivity index (χ3n) is 5.87. The largest absolute Gasteiger partial charge is 0.445 e. The molecular weight excluding hydrogens is 390 g/mol. The van der Waals surface area contributed by atoms with Gasteiger partial charge in [0.2, 0.25) is 0 Å². The summed E-state index contributed by atoms with van der Waals surface area (Å²) in [5.74, 6) is 0. The highest BCUT2D eigenvalue weighted by Gasteiger charge is 2.45. The summed E-state index contributed by atoms with van der Waals surface area (Å²) >= 11 is 6.26. The van der Waals surface area contributed by atoms with Crippen molar-refractivity contribution in [1.82, 2.24) is 14.8 Å². The van der Waals surface area contributed by atoms with Crippen molar-refractivity contribution in [3.05, 3.63) is 64.9 Å².